The second-order valence-corrected chi connectivity index (χ2v) is 9.82. The fourth-order valence-electron chi connectivity index (χ4n) is 3.72. The third-order valence-electron chi connectivity index (χ3n) is 5.47. The van der Waals surface area contributed by atoms with E-state index in [9.17, 15) is 18.4 Å². The van der Waals surface area contributed by atoms with Crippen LogP contribution >= 0.6 is 23.5 Å². The van der Waals surface area contributed by atoms with Crippen LogP contribution in [0.2, 0.25) is 5.02 Å². The molecular weight excluding hydrogens is 504 g/mol. The predicted octanol–water partition coefficient (Wildman–Crippen LogP) is 5.75. The summed E-state index contributed by atoms with van der Waals surface area (Å²) in [5.74, 6) is -1.92. The number of nitrogens with zero attached hydrogens (tertiary/aromatic N) is 1. The molecule has 5 nitrogen and oxygen atoms in total. The number of hydrogen-bond acceptors (Lipinski definition) is 4. The highest BCUT2D eigenvalue weighted by molar-refractivity contribution is 7.97. The third-order valence-corrected chi connectivity index (χ3v) is 6.82. The summed E-state index contributed by atoms with van der Waals surface area (Å²) in [5, 5.41) is 3.36. The Labute approximate surface area is 219 Å². The Morgan fingerprint density at radius 2 is 1.64 bits per heavy atom. The number of nitrogens with two attached hydrogens (primary N) is 1. The standard InChI is InChI=1S/C27H28ClF2N3O2S/c1-2-32-27(35)20-8-6-18(7-9-20)17-33(36-24-12-10-21(28)11-13-24)25(26(31)34)5-3-4-19-14-22(29)16-23(30)15-19/h6-16,25H,2-5,17H2,1H3,(H2,31,34)(H,32,35). The average Bonchev–Trinajstić information content (AvgIpc) is 2.83. The summed E-state index contributed by atoms with van der Waals surface area (Å²) in [4.78, 5) is 25.5. The molecule has 0 heterocycles. The zero-order valence-corrected chi connectivity index (χ0v) is 21.4. The summed E-state index contributed by atoms with van der Waals surface area (Å²) < 4.78 is 29.0. The van der Waals surface area contributed by atoms with Crippen LogP contribution in [0.3, 0.4) is 0 Å². The largest absolute Gasteiger partial charge is 0.368 e. The van der Waals surface area contributed by atoms with Gasteiger partial charge in [-0.25, -0.2) is 13.1 Å². The van der Waals surface area contributed by atoms with Gasteiger partial charge >= 0.3 is 0 Å². The van der Waals surface area contributed by atoms with Gasteiger partial charge in [-0.15, -0.1) is 0 Å². The quantitative estimate of drug-likeness (QED) is 0.292. The molecule has 0 saturated heterocycles. The maximum absolute atomic E-state index is 13.5. The molecule has 2 amide bonds. The molecule has 1 unspecified atom stereocenters. The van der Waals surface area contributed by atoms with Crippen molar-refractivity contribution >= 4 is 35.4 Å². The van der Waals surface area contributed by atoms with Crippen LogP contribution in [0.15, 0.2) is 71.6 Å². The molecule has 3 N–H and O–H groups in total. The van der Waals surface area contributed by atoms with Crippen LogP contribution in [0.25, 0.3) is 0 Å². The van der Waals surface area contributed by atoms with Crippen LogP contribution in [0, 0.1) is 11.6 Å². The molecule has 9 heteroatoms. The molecule has 3 aromatic rings. The van der Waals surface area contributed by atoms with Gasteiger partial charge in [0.2, 0.25) is 5.91 Å². The first-order valence-electron chi connectivity index (χ1n) is 11.6. The lowest BCUT2D eigenvalue weighted by molar-refractivity contribution is -0.121. The molecule has 0 aliphatic heterocycles. The molecule has 36 heavy (non-hydrogen) atoms. The minimum absolute atomic E-state index is 0.153. The van der Waals surface area contributed by atoms with Gasteiger partial charge in [-0.1, -0.05) is 23.7 Å². The first-order chi connectivity index (χ1) is 17.2. The number of carbonyl (C=O) groups is 2. The van der Waals surface area contributed by atoms with E-state index in [-0.39, 0.29) is 5.91 Å². The van der Waals surface area contributed by atoms with E-state index in [0.717, 1.165) is 16.5 Å². The molecule has 190 valence electrons. The summed E-state index contributed by atoms with van der Waals surface area (Å²) in [6, 6.07) is 17.2. The fraction of sp³-hybridized carbons (Fsp3) is 0.259. The van der Waals surface area contributed by atoms with Crippen LogP contribution in [0.5, 0.6) is 0 Å². The molecule has 0 radical (unpaired) electrons. The Kier molecular flexibility index (Phi) is 10.3. The number of benzene rings is 3. The van der Waals surface area contributed by atoms with Crippen molar-refractivity contribution in [3.05, 3.63) is 100 Å². The zero-order valence-electron chi connectivity index (χ0n) is 19.8. The lowest BCUT2D eigenvalue weighted by Gasteiger charge is -2.28. The van der Waals surface area contributed by atoms with Crippen molar-refractivity contribution in [1.82, 2.24) is 9.62 Å². The Morgan fingerprint density at radius 1 is 1.00 bits per heavy atom. The lowest BCUT2D eigenvalue weighted by Crippen LogP contribution is -2.40. The van der Waals surface area contributed by atoms with Gasteiger partial charge in [0.1, 0.15) is 11.6 Å². The minimum Gasteiger partial charge on any atom is -0.368 e. The Morgan fingerprint density at radius 3 is 2.22 bits per heavy atom. The second-order valence-electron chi connectivity index (χ2n) is 8.26. The molecule has 0 saturated carbocycles. The van der Waals surface area contributed by atoms with Crippen LogP contribution in [0.1, 0.15) is 41.3 Å². The zero-order chi connectivity index (χ0) is 26.1. The number of halogens is 3. The van der Waals surface area contributed by atoms with Crippen molar-refractivity contribution < 1.29 is 18.4 Å². The molecule has 0 aliphatic carbocycles. The maximum Gasteiger partial charge on any atom is 0.251 e. The van der Waals surface area contributed by atoms with Gasteiger partial charge in [-0.3, -0.25) is 9.59 Å². The van der Waals surface area contributed by atoms with Gasteiger partial charge in [-0.05, 0) is 97.8 Å². The van der Waals surface area contributed by atoms with E-state index < -0.39 is 23.6 Å². The Bertz CT molecular complexity index is 1160. The molecule has 0 bridgehead atoms. The lowest BCUT2D eigenvalue weighted by atomic mass is 10.0. The molecule has 0 aliphatic rings. The number of hydrogen-bond donors (Lipinski definition) is 2. The number of amides is 2. The maximum atomic E-state index is 13.5. The summed E-state index contributed by atoms with van der Waals surface area (Å²) in [6.45, 7) is 2.77. The topological polar surface area (TPSA) is 75.4 Å². The first kappa shape index (κ1) is 27.6. The summed E-state index contributed by atoms with van der Waals surface area (Å²) in [5.41, 5.74) is 7.77. The van der Waals surface area contributed by atoms with Crippen LogP contribution in [-0.4, -0.2) is 28.7 Å². The van der Waals surface area contributed by atoms with Crippen LogP contribution in [-0.2, 0) is 17.8 Å². The van der Waals surface area contributed by atoms with E-state index in [4.69, 9.17) is 17.3 Å². The van der Waals surface area contributed by atoms with E-state index in [1.54, 1.807) is 24.3 Å². The molecule has 0 aromatic heterocycles. The summed E-state index contributed by atoms with van der Waals surface area (Å²) in [7, 11) is 0. The number of aryl methyl sites for hydroxylation is 1. The number of carbonyl (C=O) groups excluding carboxylic acids is 2. The smallest absolute Gasteiger partial charge is 0.251 e. The van der Waals surface area contributed by atoms with Crippen molar-refractivity contribution in [2.75, 3.05) is 6.54 Å². The third kappa shape index (κ3) is 8.33. The minimum atomic E-state index is -0.646. The molecule has 0 fully saturated rings. The molecule has 3 aromatic carbocycles. The van der Waals surface area contributed by atoms with E-state index in [1.807, 2.05) is 35.5 Å². The van der Waals surface area contributed by atoms with Crippen LogP contribution < -0.4 is 11.1 Å². The van der Waals surface area contributed by atoms with Gasteiger partial charge in [-0.2, -0.15) is 0 Å². The van der Waals surface area contributed by atoms with E-state index in [2.05, 4.69) is 5.32 Å². The highest BCUT2D eigenvalue weighted by atomic mass is 35.5. The normalized spacial score (nSPS) is 11.9. The van der Waals surface area contributed by atoms with Crippen molar-refractivity contribution in [2.45, 2.75) is 43.7 Å². The number of nitrogens with one attached hydrogen (secondary N) is 1. The molecule has 3 rings (SSSR count). The first-order valence-corrected chi connectivity index (χ1v) is 12.7. The fourth-order valence-corrected chi connectivity index (χ4v) is 4.93. The van der Waals surface area contributed by atoms with Crippen molar-refractivity contribution in [2.24, 2.45) is 5.73 Å². The number of rotatable bonds is 12. The molecule has 1 atom stereocenters. The average molecular weight is 532 g/mol. The van der Waals surface area contributed by atoms with Gasteiger partial charge in [0, 0.05) is 34.6 Å². The van der Waals surface area contributed by atoms with Gasteiger partial charge in [0.05, 0.1) is 6.04 Å². The van der Waals surface area contributed by atoms with E-state index in [1.165, 1.54) is 24.1 Å². The second kappa shape index (κ2) is 13.4. The molecule has 0 spiro atoms. The van der Waals surface area contributed by atoms with Gasteiger partial charge < -0.3 is 11.1 Å². The number of primary amides is 1. The summed E-state index contributed by atoms with van der Waals surface area (Å²) in [6.07, 6.45) is 1.30. The van der Waals surface area contributed by atoms with E-state index in [0.29, 0.717) is 48.5 Å². The Balaban J connectivity index is 1.78. The Hall–Kier alpha value is -2.94. The van der Waals surface area contributed by atoms with Gasteiger partial charge in [0.25, 0.3) is 5.91 Å². The van der Waals surface area contributed by atoms with Crippen molar-refractivity contribution in [3.63, 3.8) is 0 Å². The summed E-state index contributed by atoms with van der Waals surface area (Å²) >= 11 is 7.39. The molecular formula is C27H28ClF2N3O2S. The highest BCUT2D eigenvalue weighted by Gasteiger charge is 2.25. The monoisotopic (exact) mass is 531 g/mol. The SMILES string of the molecule is CCNC(=O)c1ccc(CN(Sc2ccc(Cl)cc2)C(CCCc2cc(F)cc(F)c2)C(N)=O)cc1. The van der Waals surface area contributed by atoms with E-state index >= 15 is 0 Å². The van der Waals surface area contributed by atoms with Crippen LogP contribution in [0.4, 0.5) is 8.78 Å². The van der Waals surface area contributed by atoms with Crippen molar-refractivity contribution in [3.8, 4) is 0 Å². The van der Waals surface area contributed by atoms with Crippen molar-refractivity contribution in [1.29, 1.82) is 0 Å². The predicted molar refractivity (Wildman–Crippen MR) is 140 cm³/mol. The van der Waals surface area contributed by atoms with Gasteiger partial charge in [0.15, 0.2) is 0 Å². The highest BCUT2D eigenvalue weighted by Crippen LogP contribution is 2.30.